The number of piperidine rings is 1. The Balaban J connectivity index is 1.26. The first-order chi connectivity index (χ1) is 18.5. The van der Waals surface area contributed by atoms with E-state index in [2.05, 4.69) is 25.7 Å². The fourth-order valence-electron chi connectivity index (χ4n) is 4.50. The Kier molecular flexibility index (Phi) is 9.07. The predicted molar refractivity (Wildman–Crippen MR) is 146 cm³/mol. The smallest absolute Gasteiger partial charge is 0.223 e. The molecule has 1 aromatic heterocycles. The lowest BCUT2D eigenvalue weighted by atomic mass is 9.96. The topological polar surface area (TPSA) is 107 Å². The minimum Gasteiger partial charge on any atom is -0.497 e. The van der Waals surface area contributed by atoms with Gasteiger partial charge in [-0.3, -0.25) is 4.79 Å². The maximum absolute atomic E-state index is 12.7. The van der Waals surface area contributed by atoms with Crippen molar-refractivity contribution in [2.75, 3.05) is 58.3 Å². The standard InChI is InChI=1S/C28H35N5O5/c1-35-22-7-5-19(6-8-22)11-14-29-28(34)20-12-15-33(16-13-20)26-10-9-25(31-32-26)30-21-17-23(36-2)27(38-4)24(18-21)37-3/h5-10,17-18,20H,11-16H2,1-4H3,(H,29,34)(H,30,31). The molecule has 0 aliphatic carbocycles. The van der Waals surface area contributed by atoms with Crippen molar-refractivity contribution in [3.63, 3.8) is 0 Å². The lowest BCUT2D eigenvalue weighted by Gasteiger charge is -2.31. The number of ether oxygens (including phenoxy) is 4. The van der Waals surface area contributed by atoms with E-state index in [0.717, 1.165) is 49.6 Å². The summed E-state index contributed by atoms with van der Waals surface area (Å²) < 4.78 is 21.4. The zero-order valence-corrected chi connectivity index (χ0v) is 22.3. The Bertz CT molecular complexity index is 1170. The average Bonchev–Trinajstić information content (AvgIpc) is 2.97. The highest BCUT2D eigenvalue weighted by molar-refractivity contribution is 5.79. The van der Waals surface area contributed by atoms with Crippen LogP contribution in [0.25, 0.3) is 0 Å². The molecule has 0 atom stereocenters. The molecule has 38 heavy (non-hydrogen) atoms. The molecule has 1 aliphatic heterocycles. The molecule has 1 fully saturated rings. The second-order valence-electron chi connectivity index (χ2n) is 8.97. The highest BCUT2D eigenvalue weighted by Gasteiger charge is 2.25. The molecule has 0 unspecified atom stereocenters. The number of methoxy groups -OCH3 is 4. The molecule has 1 amide bonds. The third kappa shape index (κ3) is 6.56. The van der Waals surface area contributed by atoms with Crippen LogP contribution in [-0.2, 0) is 11.2 Å². The van der Waals surface area contributed by atoms with Crippen LogP contribution in [0.3, 0.4) is 0 Å². The summed E-state index contributed by atoms with van der Waals surface area (Å²) in [5, 5.41) is 15.0. The molecule has 10 heteroatoms. The zero-order valence-electron chi connectivity index (χ0n) is 22.3. The van der Waals surface area contributed by atoms with Gasteiger partial charge in [-0.05, 0) is 49.1 Å². The van der Waals surface area contributed by atoms with Crippen molar-refractivity contribution in [3.8, 4) is 23.0 Å². The fourth-order valence-corrected chi connectivity index (χ4v) is 4.50. The number of amides is 1. The predicted octanol–water partition coefficient (Wildman–Crippen LogP) is 3.83. The van der Waals surface area contributed by atoms with E-state index in [4.69, 9.17) is 18.9 Å². The molecule has 0 spiro atoms. The van der Waals surface area contributed by atoms with Crippen molar-refractivity contribution < 1.29 is 23.7 Å². The Hall–Kier alpha value is -4.21. The van der Waals surface area contributed by atoms with Crippen molar-refractivity contribution in [3.05, 3.63) is 54.1 Å². The number of anilines is 3. The maximum atomic E-state index is 12.7. The number of hydrogen-bond donors (Lipinski definition) is 2. The van der Waals surface area contributed by atoms with Gasteiger partial charge in [0.15, 0.2) is 23.1 Å². The fraction of sp³-hybridized carbons (Fsp3) is 0.393. The minimum atomic E-state index is 0.0102. The normalized spacial score (nSPS) is 13.5. The van der Waals surface area contributed by atoms with Crippen LogP contribution in [0.15, 0.2) is 48.5 Å². The number of carbonyl (C=O) groups is 1. The van der Waals surface area contributed by atoms with E-state index in [-0.39, 0.29) is 11.8 Å². The van der Waals surface area contributed by atoms with Gasteiger partial charge in [0.25, 0.3) is 0 Å². The highest BCUT2D eigenvalue weighted by Crippen LogP contribution is 2.40. The molecule has 0 saturated carbocycles. The van der Waals surface area contributed by atoms with E-state index in [1.54, 1.807) is 28.4 Å². The van der Waals surface area contributed by atoms with Gasteiger partial charge >= 0.3 is 0 Å². The third-order valence-corrected chi connectivity index (χ3v) is 6.65. The molecule has 3 aromatic rings. The van der Waals surface area contributed by atoms with E-state index in [9.17, 15) is 4.79 Å². The summed E-state index contributed by atoms with van der Waals surface area (Å²) in [6.45, 7) is 2.13. The van der Waals surface area contributed by atoms with Crippen LogP contribution in [0.4, 0.5) is 17.3 Å². The van der Waals surface area contributed by atoms with Crippen LogP contribution >= 0.6 is 0 Å². The Morgan fingerprint density at radius 2 is 1.58 bits per heavy atom. The molecular weight excluding hydrogens is 486 g/mol. The molecule has 2 aromatic carbocycles. The average molecular weight is 522 g/mol. The van der Waals surface area contributed by atoms with Crippen LogP contribution in [0.2, 0.25) is 0 Å². The van der Waals surface area contributed by atoms with E-state index in [1.165, 1.54) is 5.56 Å². The number of rotatable bonds is 11. The van der Waals surface area contributed by atoms with Gasteiger partial charge in [0.05, 0.1) is 28.4 Å². The van der Waals surface area contributed by atoms with Crippen molar-refractivity contribution in [1.29, 1.82) is 0 Å². The molecule has 202 valence electrons. The minimum absolute atomic E-state index is 0.0102. The largest absolute Gasteiger partial charge is 0.497 e. The summed E-state index contributed by atoms with van der Waals surface area (Å²) in [7, 11) is 6.37. The van der Waals surface area contributed by atoms with Crippen LogP contribution < -0.4 is 34.5 Å². The number of aromatic nitrogens is 2. The highest BCUT2D eigenvalue weighted by atomic mass is 16.5. The number of nitrogens with zero attached hydrogens (tertiary/aromatic N) is 3. The first kappa shape index (κ1) is 26.8. The Morgan fingerprint density at radius 3 is 2.13 bits per heavy atom. The monoisotopic (exact) mass is 521 g/mol. The maximum Gasteiger partial charge on any atom is 0.223 e. The van der Waals surface area contributed by atoms with Gasteiger partial charge in [0, 0.05) is 43.4 Å². The SMILES string of the molecule is COc1ccc(CCNC(=O)C2CCN(c3ccc(Nc4cc(OC)c(OC)c(OC)c4)nn3)CC2)cc1. The molecule has 1 aliphatic rings. The number of carbonyl (C=O) groups excluding carboxylic acids is 1. The van der Waals surface area contributed by atoms with Gasteiger partial charge in [0.1, 0.15) is 5.75 Å². The van der Waals surface area contributed by atoms with Gasteiger partial charge in [-0.2, -0.15) is 0 Å². The van der Waals surface area contributed by atoms with Gasteiger partial charge in [-0.25, -0.2) is 0 Å². The summed E-state index contributed by atoms with van der Waals surface area (Å²) in [6, 6.07) is 15.4. The summed E-state index contributed by atoms with van der Waals surface area (Å²) in [6.07, 6.45) is 2.35. The first-order valence-corrected chi connectivity index (χ1v) is 12.6. The second-order valence-corrected chi connectivity index (χ2v) is 8.97. The second kappa shape index (κ2) is 12.8. The van der Waals surface area contributed by atoms with Gasteiger partial charge in [-0.1, -0.05) is 12.1 Å². The summed E-state index contributed by atoms with van der Waals surface area (Å²) in [5.74, 6) is 3.96. The number of hydrogen-bond acceptors (Lipinski definition) is 9. The van der Waals surface area contributed by atoms with Crippen molar-refractivity contribution in [2.24, 2.45) is 5.92 Å². The lowest BCUT2D eigenvalue weighted by Crippen LogP contribution is -2.41. The molecule has 10 nitrogen and oxygen atoms in total. The Morgan fingerprint density at radius 1 is 0.895 bits per heavy atom. The van der Waals surface area contributed by atoms with Gasteiger partial charge < -0.3 is 34.5 Å². The van der Waals surface area contributed by atoms with Gasteiger partial charge in [0.2, 0.25) is 11.7 Å². The lowest BCUT2D eigenvalue weighted by molar-refractivity contribution is -0.125. The quantitative estimate of drug-likeness (QED) is 0.389. The van der Waals surface area contributed by atoms with Crippen molar-refractivity contribution >= 4 is 23.2 Å². The summed E-state index contributed by atoms with van der Waals surface area (Å²) >= 11 is 0. The molecule has 2 heterocycles. The van der Waals surface area contributed by atoms with E-state index >= 15 is 0 Å². The molecule has 0 bridgehead atoms. The third-order valence-electron chi connectivity index (χ3n) is 6.65. The zero-order chi connectivity index (χ0) is 26.9. The molecule has 4 rings (SSSR count). The van der Waals surface area contributed by atoms with E-state index in [0.29, 0.717) is 29.6 Å². The van der Waals surface area contributed by atoms with Crippen LogP contribution in [0.1, 0.15) is 18.4 Å². The van der Waals surface area contributed by atoms with Crippen molar-refractivity contribution in [1.82, 2.24) is 15.5 Å². The van der Waals surface area contributed by atoms with Crippen LogP contribution in [-0.4, -0.2) is 64.2 Å². The molecule has 1 saturated heterocycles. The van der Waals surface area contributed by atoms with Crippen LogP contribution in [0.5, 0.6) is 23.0 Å². The summed E-state index contributed by atoms with van der Waals surface area (Å²) in [5.41, 5.74) is 1.91. The molecule has 2 N–H and O–H groups in total. The van der Waals surface area contributed by atoms with Gasteiger partial charge in [-0.15, -0.1) is 10.2 Å². The Labute approximate surface area is 223 Å². The molecular formula is C28H35N5O5. The van der Waals surface area contributed by atoms with Crippen molar-refractivity contribution in [2.45, 2.75) is 19.3 Å². The molecule has 0 radical (unpaired) electrons. The van der Waals surface area contributed by atoms with E-state index < -0.39 is 0 Å². The summed E-state index contributed by atoms with van der Waals surface area (Å²) in [4.78, 5) is 14.8. The number of nitrogens with one attached hydrogen (secondary N) is 2. The first-order valence-electron chi connectivity index (χ1n) is 12.6. The van der Waals surface area contributed by atoms with E-state index in [1.807, 2.05) is 48.5 Å². The van der Waals surface area contributed by atoms with Crippen LogP contribution in [0, 0.1) is 5.92 Å². The number of benzene rings is 2.